The van der Waals surface area contributed by atoms with Crippen LogP contribution in [0.2, 0.25) is 10.0 Å². The van der Waals surface area contributed by atoms with Crippen LogP contribution in [0.1, 0.15) is 17.2 Å². The zero-order valence-corrected chi connectivity index (χ0v) is 20.0. The minimum atomic E-state index is -0.920. The van der Waals surface area contributed by atoms with E-state index < -0.39 is 17.7 Å². The van der Waals surface area contributed by atoms with Crippen LogP contribution in [0.15, 0.2) is 72.3 Å². The van der Waals surface area contributed by atoms with Gasteiger partial charge in [0, 0.05) is 15.6 Å². The monoisotopic (exact) mass is 510 g/mol. The average Bonchev–Trinajstić information content (AvgIpc) is 3.36. The van der Waals surface area contributed by atoms with Crippen molar-refractivity contribution in [3.8, 4) is 5.75 Å². The lowest BCUT2D eigenvalue weighted by Gasteiger charge is -2.23. The summed E-state index contributed by atoms with van der Waals surface area (Å²) in [5.41, 5.74) is 1.54. The number of methoxy groups -OCH3 is 1. The molecule has 1 aliphatic rings. The number of amides is 1. The standard InChI is InChI=1S/C25H16Cl2N2O4S/c1-33-17-9-10-18-19(12-17)34-25(28-18)29-21(14-3-2-4-16(27)11-14)20(23(31)24(29)32)22(30)13-5-7-15(26)8-6-13/h2-12,21,30H,1H3/t21-/m1/s1. The van der Waals surface area contributed by atoms with Crippen LogP contribution in [0.3, 0.4) is 0 Å². The Morgan fingerprint density at radius 1 is 1.03 bits per heavy atom. The molecular weight excluding hydrogens is 495 g/mol. The van der Waals surface area contributed by atoms with Gasteiger partial charge in [-0.2, -0.15) is 0 Å². The van der Waals surface area contributed by atoms with E-state index in [0.29, 0.717) is 37.6 Å². The van der Waals surface area contributed by atoms with E-state index in [-0.39, 0.29) is 11.3 Å². The number of rotatable bonds is 4. The third-order valence-electron chi connectivity index (χ3n) is 5.52. The predicted molar refractivity (Wildman–Crippen MR) is 134 cm³/mol. The number of ether oxygens (including phenoxy) is 1. The number of aliphatic hydroxyl groups is 1. The van der Waals surface area contributed by atoms with E-state index in [9.17, 15) is 14.7 Å². The van der Waals surface area contributed by atoms with Crippen molar-refractivity contribution in [1.29, 1.82) is 0 Å². The van der Waals surface area contributed by atoms with Crippen molar-refractivity contribution in [3.63, 3.8) is 0 Å². The first kappa shape index (κ1) is 22.4. The first-order valence-electron chi connectivity index (χ1n) is 10.1. The highest BCUT2D eigenvalue weighted by Crippen LogP contribution is 2.45. The maximum absolute atomic E-state index is 13.3. The number of ketones is 1. The Morgan fingerprint density at radius 2 is 1.79 bits per heavy atom. The molecule has 0 radical (unpaired) electrons. The van der Waals surface area contributed by atoms with Crippen molar-refractivity contribution in [2.24, 2.45) is 0 Å². The Bertz CT molecular complexity index is 1480. The molecule has 0 unspecified atom stereocenters. The molecule has 1 atom stereocenters. The van der Waals surface area contributed by atoms with Gasteiger partial charge in [0.1, 0.15) is 11.5 Å². The number of thiazole rings is 1. The highest BCUT2D eigenvalue weighted by molar-refractivity contribution is 7.22. The number of benzene rings is 3. The van der Waals surface area contributed by atoms with Crippen molar-refractivity contribution < 1.29 is 19.4 Å². The molecular formula is C25H16Cl2N2O4S. The van der Waals surface area contributed by atoms with Gasteiger partial charge >= 0.3 is 5.91 Å². The summed E-state index contributed by atoms with van der Waals surface area (Å²) in [7, 11) is 1.57. The largest absolute Gasteiger partial charge is 0.507 e. The van der Waals surface area contributed by atoms with E-state index in [1.165, 1.54) is 16.2 Å². The van der Waals surface area contributed by atoms with E-state index in [2.05, 4.69) is 4.98 Å². The van der Waals surface area contributed by atoms with E-state index in [4.69, 9.17) is 27.9 Å². The SMILES string of the molecule is COc1ccc2nc(N3C(=O)C(=O)C(=C(O)c4ccc(Cl)cc4)[C@H]3c3cccc(Cl)c3)sc2c1. The molecule has 6 nitrogen and oxygen atoms in total. The third-order valence-corrected chi connectivity index (χ3v) is 7.02. The maximum Gasteiger partial charge on any atom is 0.301 e. The van der Waals surface area contributed by atoms with Crippen molar-refractivity contribution in [3.05, 3.63) is 93.5 Å². The summed E-state index contributed by atoms with van der Waals surface area (Å²) in [6.07, 6.45) is 0. The maximum atomic E-state index is 13.3. The van der Waals surface area contributed by atoms with Crippen molar-refractivity contribution >= 4 is 67.3 Å². The minimum Gasteiger partial charge on any atom is -0.507 e. The second-order valence-electron chi connectivity index (χ2n) is 7.56. The van der Waals surface area contributed by atoms with Gasteiger partial charge in [-0.3, -0.25) is 14.5 Å². The van der Waals surface area contributed by atoms with Gasteiger partial charge in [-0.05, 0) is 60.2 Å². The Kier molecular flexibility index (Phi) is 5.77. The lowest BCUT2D eigenvalue weighted by atomic mass is 9.95. The van der Waals surface area contributed by atoms with Gasteiger partial charge in [0.15, 0.2) is 5.13 Å². The molecule has 9 heteroatoms. The van der Waals surface area contributed by atoms with Gasteiger partial charge in [-0.25, -0.2) is 4.98 Å². The fourth-order valence-electron chi connectivity index (χ4n) is 3.91. The predicted octanol–water partition coefficient (Wildman–Crippen LogP) is 6.24. The summed E-state index contributed by atoms with van der Waals surface area (Å²) in [6, 6.07) is 17.7. The van der Waals surface area contributed by atoms with E-state index in [1.54, 1.807) is 67.8 Å². The molecule has 1 saturated heterocycles. The molecule has 1 aliphatic heterocycles. The number of nitrogens with zero attached hydrogens (tertiary/aromatic N) is 2. The van der Waals surface area contributed by atoms with Crippen LogP contribution in [0.4, 0.5) is 5.13 Å². The number of hydrogen-bond acceptors (Lipinski definition) is 6. The Morgan fingerprint density at radius 3 is 2.50 bits per heavy atom. The van der Waals surface area contributed by atoms with Crippen molar-refractivity contribution in [1.82, 2.24) is 4.98 Å². The number of carbonyl (C=O) groups is 2. The number of carbonyl (C=O) groups excluding carboxylic acids is 2. The van der Waals surface area contributed by atoms with Crippen LogP contribution in [0.25, 0.3) is 16.0 Å². The summed E-state index contributed by atoms with van der Waals surface area (Å²) in [6.45, 7) is 0. The zero-order valence-electron chi connectivity index (χ0n) is 17.7. The molecule has 0 spiro atoms. The first-order chi connectivity index (χ1) is 16.4. The Hall–Kier alpha value is -3.39. The molecule has 4 aromatic rings. The Balaban J connectivity index is 1.72. The number of halogens is 2. The number of fused-ring (bicyclic) bond motifs is 1. The molecule has 1 fully saturated rings. The normalized spacial score (nSPS) is 17.5. The second kappa shape index (κ2) is 8.76. The van der Waals surface area contributed by atoms with Gasteiger partial charge in [-0.1, -0.05) is 46.7 Å². The molecule has 170 valence electrons. The molecule has 0 saturated carbocycles. The van der Waals surface area contributed by atoms with Gasteiger partial charge in [-0.15, -0.1) is 0 Å². The van der Waals surface area contributed by atoms with Crippen molar-refractivity contribution in [2.75, 3.05) is 12.0 Å². The lowest BCUT2D eigenvalue weighted by molar-refractivity contribution is -0.132. The number of hydrogen-bond donors (Lipinski definition) is 1. The van der Waals surface area contributed by atoms with E-state index >= 15 is 0 Å². The van der Waals surface area contributed by atoms with Crippen LogP contribution < -0.4 is 9.64 Å². The van der Waals surface area contributed by atoms with Crippen LogP contribution in [-0.4, -0.2) is 28.9 Å². The fourth-order valence-corrected chi connectivity index (χ4v) is 5.25. The van der Waals surface area contributed by atoms with Crippen LogP contribution in [0, 0.1) is 0 Å². The quantitative estimate of drug-likeness (QED) is 0.199. The molecule has 3 aromatic carbocycles. The lowest BCUT2D eigenvalue weighted by Crippen LogP contribution is -2.29. The summed E-state index contributed by atoms with van der Waals surface area (Å²) < 4.78 is 6.07. The second-order valence-corrected chi connectivity index (χ2v) is 9.44. The summed E-state index contributed by atoms with van der Waals surface area (Å²) in [5, 5.41) is 12.4. The van der Waals surface area contributed by atoms with Gasteiger partial charge in [0.05, 0.1) is 28.9 Å². The van der Waals surface area contributed by atoms with Gasteiger partial charge in [0.2, 0.25) is 0 Å². The van der Waals surface area contributed by atoms with E-state index in [1.807, 2.05) is 6.07 Å². The fraction of sp³-hybridized carbons (Fsp3) is 0.0800. The molecule has 1 aromatic heterocycles. The van der Waals surface area contributed by atoms with Gasteiger partial charge in [0.25, 0.3) is 5.78 Å². The van der Waals surface area contributed by atoms with Crippen LogP contribution >= 0.6 is 34.5 Å². The average molecular weight is 511 g/mol. The topological polar surface area (TPSA) is 79.7 Å². The molecule has 0 aliphatic carbocycles. The number of aliphatic hydroxyl groups excluding tert-OH is 1. The number of aromatic nitrogens is 1. The number of anilines is 1. The molecule has 2 heterocycles. The summed E-state index contributed by atoms with van der Waals surface area (Å²) in [4.78, 5) is 32.4. The van der Waals surface area contributed by atoms with Crippen LogP contribution in [0.5, 0.6) is 5.75 Å². The highest BCUT2D eigenvalue weighted by atomic mass is 35.5. The minimum absolute atomic E-state index is 0.0496. The van der Waals surface area contributed by atoms with E-state index in [0.717, 1.165) is 4.70 Å². The first-order valence-corrected chi connectivity index (χ1v) is 11.7. The zero-order chi connectivity index (χ0) is 24.0. The molecule has 0 bridgehead atoms. The molecule has 5 rings (SSSR count). The molecule has 1 N–H and O–H groups in total. The summed E-state index contributed by atoms with van der Waals surface area (Å²) in [5.74, 6) is -1.25. The van der Waals surface area contributed by atoms with Gasteiger partial charge < -0.3 is 9.84 Å². The van der Waals surface area contributed by atoms with Crippen LogP contribution in [-0.2, 0) is 9.59 Å². The van der Waals surface area contributed by atoms with Crippen molar-refractivity contribution in [2.45, 2.75) is 6.04 Å². The smallest absolute Gasteiger partial charge is 0.301 e. The summed E-state index contributed by atoms with van der Waals surface area (Å²) >= 11 is 13.5. The number of Topliss-reactive ketones (excluding diaryl/α,β-unsaturated/α-hetero) is 1. The highest BCUT2D eigenvalue weighted by Gasteiger charge is 2.48. The Labute approximate surface area is 208 Å². The molecule has 34 heavy (non-hydrogen) atoms. The molecule has 1 amide bonds. The third kappa shape index (κ3) is 3.81.